The van der Waals surface area contributed by atoms with E-state index in [9.17, 15) is 0 Å². The standard InChI is InChI=1S/C7H9NO/c1-2-3-4-7-8-5-6-9-7/h2-3,5-6H,4H2,1H3. The molecule has 0 aliphatic carbocycles. The van der Waals surface area contributed by atoms with Crippen molar-refractivity contribution in [2.24, 2.45) is 0 Å². The summed E-state index contributed by atoms with van der Waals surface area (Å²) in [6.45, 7) is 1.98. The van der Waals surface area contributed by atoms with E-state index < -0.39 is 0 Å². The van der Waals surface area contributed by atoms with Gasteiger partial charge in [0.15, 0.2) is 5.89 Å². The number of allylic oxidation sites excluding steroid dienone is 2. The van der Waals surface area contributed by atoms with Crippen LogP contribution in [-0.2, 0) is 6.42 Å². The predicted molar refractivity (Wildman–Crippen MR) is 35.0 cm³/mol. The number of aromatic nitrogens is 1. The quantitative estimate of drug-likeness (QED) is 0.560. The molecule has 0 atom stereocenters. The molecule has 1 aromatic rings. The van der Waals surface area contributed by atoms with Gasteiger partial charge in [-0.1, -0.05) is 12.2 Å². The molecule has 2 heteroatoms. The van der Waals surface area contributed by atoms with Crippen LogP contribution >= 0.6 is 0 Å². The van der Waals surface area contributed by atoms with E-state index in [0.29, 0.717) is 0 Å². The molecule has 0 N–H and O–H groups in total. The van der Waals surface area contributed by atoms with Crippen LogP contribution < -0.4 is 0 Å². The normalized spacial score (nSPS) is 10.8. The van der Waals surface area contributed by atoms with Gasteiger partial charge in [-0.3, -0.25) is 0 Å². The number of hydrogen-bond donors (Lipinski definition) is 0. The molecule has 0 radical (unpaired) electrons. The number of hydrogen-bond acceptors (Lipinski definition) is 2. The molecule has 0 unspecified atom stereocenters. The van der Waals surface area contributed by atoms with Gasteiger partial charge >= 0.3 is 0 Å². The summed E-state index contributed by atoms with van der Waals surface area (Å²) in [5.74, 6) is 0.771. The number of rotatable bonds is 2. The first-order chi connectivity index (χ1) is 4.43. The summed E-state index contributed by atoms with van der Waals surface area (Å²) < 4.78 is 4.97. The molecule has 0 saturated carbocycles. The smallest absolute Gasteiger partial charge is 0.197 e. The largest absolute Gasteiger partial charge is 0.449 e. The Labute approximate surface area is 54.2 Å². The molecule has 48 valence electrons. The number of oxazole rings is 1. The van der Waals surface area contributed by atoms with E-state index in [1.807, 2.05) is 19.1 Å². The third kappa shape index (κ3) is 1.72. The summed E-state index contributed by atoms with van der Waals surface area (Å²) in [7, 11) is 0. The minimum atomic E-state index is 0.771. The summed E-state index contributed by atoms with van der Waals surface area (Å²) in [5.41, 5.74) is 0. The van der Waals surface area contributed by atoms with Gasteiger partial charge in [-0.25, -0.2) is 4.98 Å². The molecule has 9 heavy (non-hydrogen) atoms. The summed E-state index contributed by atoms with van der Waals surface area (Å²) in [4.78, 5) is 3.94. The van der Waals surface area contributed by atoms with Crippen LogP contribution in [0.15, 0.2) is 29.0 Å². The lowest BCUT2D eigenvalue weighted by Gasteiger charge is -1.81. The Kier molecular flexibility index (Phi) is 2.07. The van der Waals surface area contributed by atoms with Crippen LogP contribution in [0.1, 0.15) is 12.8 Å². The van der Waals surface area contributed by atoms with E-state index in [1.54, 1.807) is 12.5 Å². The van der Waals surface area contributed by atoms with Crippen LogP contribution in [0.2, 0.25) is 0 Å². The predicted octanol–water partition coefficient (Wildman–Crippen LogP) is 1.79. The zero-order valence-corrected chi connectivity index (χ0v) is 5.37. The minimum Gasteiger partial charge on any atom is -0.449 e. The van der Waals surface area contributed by atoms with Gasteiger partial charge in [-0.15, -0.1) is 0 Å². The van der Waals surface area contributed by atoms with Crippen LogP contribution in [0.5, 0.6) is 0 Å². The van der Waals surface area contributed by atoms with Crippen molar-refractivity contribution in [3.63, 3.8) is 0 Å². The first-order valence-electron chi connectivity index (χ1n) is 2.93. The maximum Gasteiger partial charge on any atom is 0.197 e. The lowest BCUT2D eigenvalue weighted by Crippen LogP contribution is -1.76. The highest BCUT2D eigenvalue weighted by Gasteiger charge is 1.89. The second-order valence-electron chi connectivity index (χ2n) is 1.70. The van der Waals surface area contributed by atoms with Crippen molar-refractivity contribution in [2.75, 3.05) is 0 Å². The Morgan fingerprint density at radius 1 is 1.78 bits per heavy atom. The molecule has 1 rings (SSSR count). The van der Waals surface area contributed by atoms with E-state index in [4.69, 9.17) is 4.42 Å². The third-order valence-corrected chi connectivity index (χ3v) is 1.01. The second kappa shape index (κ2) is 3.07. The second-order valence-corrected chi connectivity index (χ2v) is 1.70. The summed E-state index contributed by atoms with van der Waals surface area (Å²) in [6, 6.07) is 0. The molecule has 0 saturated heterocycles. The fourth-order valence-corrected chi connectivity index (χ4v) is 0.572. The molecule has 1 heterocycles. The zero-order chi connectivity index (χ0) is 6.53. The van der Waals surface area contributed by atoms with Gasteiger partial charge in [0.25, 0.3) is 0 Å². The van der Waals surface area contributed by atoms with Crippen LogP contribution in [-0.4, -0.2) is 4.98 Å². The van der Waals surface area contributed by atoms with Gasteiger partial charge in [-0.2, -0.15) is 0 Å². The van der Waals surface area contributed by atoms with Gasteiger partial charge in [0.1, 0.15) is 6.26 Å². The van der Waals surface area contributed by atoms with E-state index >= 15 is 0 Å². The summed E-state index contributed by atoms with van der Waals surface area (Å²) in [5, 5.41) is 0. The Morgan fingerprint density at radius 3 is 3.22 bits per heavy atom. The van der Waals surface area contributed by atoms with Gasteiger partial charge in [0.05, 0.1) is 6.20 Å². The lowest BCUT2D eigenvalue weighted by molar-refractivity contribution is 0.509. The van der Waals surface area contributed by atoms with E-state index in [-0.39, 0.29) is 0 Å². The van der Waals surface area contributed by atoms with Crippen molar-refractivity contribution in [3.05, 3.63) is 30.5 Å². The first-order valence-corrected chi connectivity index (χ1v) is 2.93. The highest BCUT2D eigenvalue weighted by molar-refractivity contribution is 4.90. The minimum absolute atomic E-state index is 0.771. The van der Waals surface area contributed by atoms with Crippen molar-refractivity contribution in [3.8, 4) is 0 Å². The SMILES string of the molecule is CC=CCc1ncco1. The summed E-state index contributed by atoms with van der Waals surface area (Å²) in [6.07, 6.45) is 8.01. The molecule has 0 aromatic carbocycles. The Bertz CT molecular complexity index is 177. The molecule has 0 fully saturated rings. The molecule has 0 aliphatic heterocycles. The van der Waals surface area contributed by atoms with Gasteiger partial charge < -0.3 is 4.42 Å². The highest BCUT2D eigenvalue weighted by atomic mass is 16.3. The van der Waals surface area contributed by atoms with E-state index in [0.717, 1.165) is 12.3 Å². The first kappa shape index (κ1) is 6.08. The third-order valence-electron chi connectivity index (χ3n) is 1.01. The van der Waals surface area contributed by atoms with Gasteiger partial charge in [0.2, 0.25) is 0 Å². The lowest BCUT2D eigenvalue weighted by atomic mass is 10.4. The molecular weight excluding hydrogens is 114 g/mol. The van der Waals surface area contributed by atoms with Gasteiger partial charge in [0, 0.05) is 6.42 Å². The van der Waals surface area contributed by atoms with Crippen LogP contribution in [0.3, 0.4) is 0 Å². The fourth-order valence-electron chi connectivity index (χ4n) is 0.572. The Balaban J connectivity index is 2.48. The molecule has 0 amide bonds. The Hall–Kier alpha value is -1.05. The van der Waals surface area contributed by atoms with Crippen molar-refractivity contribution < 1.29 is 4.42 Å². The van der Waals surface area contributed by atoms with Crippen molar-refractivity contribution in [1.29, 1.82) is 0 Å². The number of nitrogens with zero attached hydrogens (tertiary/aromatic N) is 1. The molecule has 1 aromatic heterocycles. The van der Waals surface area contributed by atoms with E-state index in [2.05, 4.69) is 4.98 Å². The average molecular weight is 123 g/mol. The molecule has 2 nitrogen and oxygen atoms in total. The van der Waals surface area contributed by atoms with Crippen molar-refractivity contribution >= 4 is 0 Å². The van der Waals surface area contributed by atoms with Crippen molar-refractivity contribution in [2.45, 2.75) is 13.3 Å². The molecular formula is C7H9NO. The summed E-state index contributed by atoms with van der Waals surface area (Å²) >= 11 is 0. The maximum atomic E-state index is 4.97. The van der Waals surface area contributed by atoms with Crippen LogP contribution in [0.4, 0.5) is 0 Å². The maximum absolute atomic E-state index is 4.97. The van der Waals surface area contributed by atoms with Crippen LogP contribution in [0.25, 0.3) is 0 Å². The van der Waals surface area contributed by atoms with Crippen LogP contribution in [0, 0.1) is 0 Å². The molecule has 0 bridgehead atoms. The average Bonchev–Trinajstić information content (AvgIpc) is 2.34. The zero-order valence-electron chi connectivity index (χ0n) is 5.37. The molecule has 0 aliphatic rings. The topological polar surface area (TPSA) is 26.0 Å². The van der Waals surface area contributed by atoms with Gasteiger partial charge in [-0.05, 0) is 6.92 Å². The fraction of sp³-hybridized carbons (Fsp3) is 0.286. The van der Waals surface area contributed by atoms with Crippen molar-refractivity contribution in [1.82, 2.24) is 4.98 Å². The molecule has 0 spiro atoms. The highest BCUT2D eigenvalue weighted by Crippen LogP contribution is 1.95. The van der Waals surface area contributed by atoms with E-state index in [1.165, 1.54) is 0 Å². The monoisotopic (exact) mass is 123 g/mol. The Morgan fingerprint density at radius 2 is 2.67 bits per heavy atom.